The molecule has 0 aliphatic carbocycles. The molecule has 2 aromatic heterocycles. The Bertz CT molecular complexity index is 1250. The summed E-state index contributed by atoms with van der Waals surface area (Å²) < 4.78 is 3.39. The number of hydrogen-bond acceptors (Lipinski definition) is 3. The third-order valence-electron chi connectivity index (χ3n) is 4.68. The molecule has 26 heavy (non-hydrogen) atoms. The Morgan fingerprint density at radius 2 is 1.58 bits per heavy atom. The number of fused-ring (bicyclic) bond motifs is 2. The van der Waals surface area contributed by atoms with Crippen molar-refractivity contribution < 1.29 is 0 Å². The summed E-state index contributed by atoms with van der Waals surface area (Å²) in [6, 6.07) is 16.6. The molecule has 0 saturated carbocycles. The van der Waals surface area contributed by atoms with Gasteiger partial charge in [0.2, 0.25) is 5.43 Å². The second kappa shape index (κ2) is 5.95. The van der Waals surface area contributed by atoms with E-state index in [1.807, 2.05) is 67.9 Å². The first kappa shape index (κ1) is 16.3. The van der Waals surface area contributed by atoms with Crippen molar-refractivity contribution in [1.29, 1.82) is 0 Å². The van der Waals surface area contributed by atoms with Gasteiger partial charge in [-0.05, 0) is 24.3 Å². The monoisotopic (exact) mass is 345 g/mol. The van der Waals surface area contributed by atoms with Crippen molar-refractivity contribution >= 4 is 21.9 Å². The predicted octanol–water partition coefficient (Wildman–Crippen LogP) is 3.36. The zero-order valence-electron chi connectivity index (χ0n) is 14.9. The molecule has 5 nitrogen and oxygen atoms in total. The topological polar surface area (TPSA) is 56.9 Å². The maximum atomic E-state index is 13.4. The van der Waals surface area contributed by atoms with Crippen molar-refractivity contribution in [2.75, 3.05) is 0 Å². The lowest BCUT2D eigenvalue weighted by molar-refractivity contribution is 0.716. The minimum Gasteiger partial charge on any atom is -0.328 e. The number of benzene rings is 2. The highest BCUT2D eigenvalue weighted by Crippen LogP contribution is 2.20. The molecule has 0 radical (unpaired) electrons. The van der Waals surface area contributed by atoms with E-state index < -0.39 is 0 Å². The molecule has 4 aromatic rings. The molecule has 0 aliphatic rings. The van der Waals surface area contributed by atoms with Gasteiger partial charge in [-0.1, -0.05) is 44.2 Å². The van der Waals surface area contributed by atoms with Gasteiger partial charge in [-0.2, -0.15) is 0 Å². The van der Waals surface area contributed by atoms with Gasteiger partial charge >= 0.3 is 0 Å². The zero-order chi connectivity index (χ0) is 18.4. The second-order valence-electron chi connectivity index (χ2n) is 6.70. The van der Waals surface area contributed by atoms with Crippen LogP contribution in [0.1, 0.15) is 25.6 Å². The van der Waals surface area contributed by atoms with Gasteiger partial charge < -0.3 is 4.57 Å². The molecule has 2 heterocycles. The molecular weight excluding hydrogens is 326 g/mol. The van der Waals surface area contributed by atoms with Crippen LogP contribution >= 0.6 is 0 Å². The summed E-state index contributed by atoms with van der Waals surface area (Å²) in [6.45, 7) is 3.98. The van der Waals surface area contributed by atoms with E-state index in [1.165, 1.54) is 0 Å². The Kier molecular flexibility index (Phi) is 3.72. The number of rotatable bonds is 2. The summed E-state index contributed by atoms with van der Waals surface area (Å²) in [7, 11) is 1.84. The minimum absolute atomic E-state index is 0.0221. The summed E-state index contributed by atoms with van der Waals surface area (Å²) in [5, 5.41) is 0.651. The zero-order valence-corrected chi connectivity index (χ0v) is 14.9. The molecule has 0 saturated heterocycles. The lowest BCUT2D eigenvalue weighted by atomic mass is 10.1. The summed E-state index contributed by atoms with van der Waals surface area (Å²) in [4.78, 5) is 31.2. The quantitative estimate of drug-likeness (QED) is 0.524. The maximum Gasteiger partial charge on any atom is 0.271 e. The molecule has 2 aromatic carbocycles. The number of para-hydroxylation sites is 2. The van der Waals surface area contributed by atoms with E-state index in [1.54, 1.807) is 16.7 Å². The van der Waals surface area contributed by atoms with Crippen molar-refractivity contribution in [3.8, 4) is 5.69 Å². The second-order valence-corrected chi connectivity index (χ2v) is 6.70. The van der Waals surface area contributed by atoms with Gasteiger partial charge in [-0.25, -0.2) is 4.98 Å². The van der Waals surface area contributed by atoms with Gasteiger partial charge in [-0.15, -0.1) is 0 Å². The smallest absolute Gasteiger partial charge is 0.271 e. The fourth-order valence-electron chi connectivity index (χ4n) is 3.39. The number of pyridine rings is 1. The molecule has 0 fully saturated rings. The Hall–Kier alpha value is -3.21. The number of aromatic nitrogens is 3. The van der Waals surface area contributed by atoms with Gasteiger partial charge in [0.05, 0.1) is 11.2 Å². The normalized spacial score (nSPS) is 11.5. The Morgan fingerprint density at radius 3 is 2.27 bits per heavy atom. The van der Waals surface area contributed by atoms with Crippen LogP contribution in [0, 0.1) is 0 Å². The fourth-order valence-corrected chi connectivity index (χ4v) is 3.39. The SMILES string of the molecule is CC(C)c1nc2c(c(=O)c3ccccc3n2C)c(=O)n1-c1ccccc1. The first-order chi connectivity index (χ1) is 12.5. The highest BCUT2D eigenvalue weighted by molar-refractivity contribution is 5.91. The van der Waals surface area contributed by atoms with Crippen LogP contribution in [0.4, 0.5) is 0 Å². The van der Waals surface area contributed by atoms with Crippen molar-refractivity contribution in [2.24, 2.45) is 7.05 Å². The van der Waals surface area contributed by atoms with E-state index >= 15 is 0 Å². The first-order valence-electron chi connectivity index (χ1n) is 8.60. The lowest BCUT2D eigenvalue weighted by Gasteiger charge is -2.17. The average Bonchev–Trinajstić information content (AvgIpc) is 2.66. The van der Waals surface area contributed by atoms with Crippen LogP contribution in [0.5, 0.6) is 0 Å². The molecule has 0 amide bonds. The molecule has 0 spiro atoms. The molecule has 0 aliphatic heterocycles. The predicted molar refractivity (Wildman–Crippen MR) is 104 cm³/mol. The average molecular weight is 345 g/mol. The molecular formula is C21H19N3O2. The summed E-state index contributed by atoms with van der Waals surface area (Å²) in [5.41, 5.74) is 1.31. The third kappa shape index (κ3) is 2.28. The van der Waals surface area contributed by atoms with Gasteiger partial charge in [-0.3, -0.25) is 14.2 Å². The standard InChI is InChI=1S/C21H19N3O2/c1-13(2)19-22-20-17(21(26)24(19)14-9-5-4-6-10-14)18(25)15-11-7-8-12-16(15)23(20)3/h4-13H,1-3H3. The fraction of sp³-hybridized carbons (Fsp3) is 0.190. The Labute approximate surface area is 150 Å². The van der Waals surface area contributed by atoms with Crippen LogP contribution in [-0.4, -0.2) is 14.1 Å². The largest absolute Gasteiger partial charge is 0.328 e. The van der Waals surface area contributed by atoms with Crippen LogP contribution in [0.2, 0.25) is 0 Å². The number of nitrogens with zero attached hydrogens (tertiary/aromatic N) is 3. The van der Waals surface area contributed by atoms with Crippen LogP contribution in [0.15, 0.2) is 64.2 Å². The summed E-state index contributed by atoms with van der Waals surface area (Å²) in [6.07, 6.45) is 0. The Morgan fingerprint density at radius 1 is 0.923 bits per heavy atom. The van der Waals surface area contributed by atoms with Gasteiger partial charge in [0.25, 0.3) is 5.56 Å². The van der Waals surface area contributed by atoms with E-state index in [0.29, 0.717) is 22.5 Å². The van der Waals surface area contributed by atoms with E-state index in [4.69, 9.17) is 4.98 Å². The van der Waals surface area contributed by atoms with Crippen molar-refractivity contribution in [3.63, 3.8) is 0 Å². The molecule has 4 rings (SSSR count). The molecule has 0 atom stereocenters. The minimum atomic E-state index is -0.323. The highest BCUT2D eigenvalue weighted by atomic mass is 16.1. The molecule has 0 bridgehead atoms. The first-order valence-corrected chi connectivity index (χ1v) is 8.60. The highest BCUT2D eigenvalue weighted by Gasteiger charge is 2.20. The van der Waals surface area contributed by atoms with Crippen LogP contribution in [0.25, 0.3) is 27.6 Å². The van der Waals surface area contributed by atoms with E-state index in [0.717, 1.165) is 5.52 Å². The van der Waals surface area contributed by atoms with E-state index in [-0.39, 0.29) is 22.3 Å². The van der Waals surface area contributed by atoms with Crippen molar-refractivity contribution in [1.82, 2.24) is 14.1 Å². The van der Waals surface area contributed by atoms with Crippen LogP contribution in [-0.2, 0) is 7.05 Å². The number of aryl methyl sites for hydroxylation is 1. The summed E-state index contributed by atoms with van der Waals surface area (Å²) >= 11 is 0. The Balaban J connectivity index is 2.27. The van der Waals surface area contributed by atoms with E-state index in [2.05, 4.69) is 0 Å². The van der Waals surface area contributed by atoms with Gasteiger partial charge in [0.1, 0.15) is 11.2 Å². The summed E-state index contributed by atoms with van der Waals surface area (Å²) in [5.74, 6) is 0.660. The molecule has 0 unspecified atom stereocenters. The molecule has 0 N–H and O–H groups in total. The third-order valence-corrected chi connectivity index (χ3v) is 4.68. The van der Waals surface area contributed by atoms with E-state index in [9.17, 15) is 9.59 Å². The van der Waals surface area contributed by atoms with Crippen LogP contribution < -0.4 is 11.0 Å². The van der Waals surface area contributed by atoms with Gasteiger partial charge in [0, 0.05) is 18.4 Å². The van der Waals surface area contributed by atoms with Gasteiger partial charge in [0.15, 0.2) is 5.65 Å². The van der Waals surface area contributed by atoms with Crippen molar-refractivity contribution in [2.45, 2.75) is 19.8 Å². The molecule has 5 heteroatoms. The maximum absolute atomic E-state index is 13.4. The van der Waals surface area contributed by atoms with Crippen LogP contribution in [0.3, 0.4) is 0 Å². The number of hydrogen-bond donors (Lipinski definition) is 0. The lowest BCUT2D eigenvalue weighted by Crippen LogP contribution is -2.30. The molecule has 130 valence electrons. The van der Waals surface area contributed by atoms with Crippen molar-refractivity contribution in [3.05, 3.63) is 81.0 Å².